The molecule has 0 saturated carbocycles. The number of benzene rings is 2. The molecule has 0 spiro atoms. The molecule has 0 radical (unpaired) electrons. The smallest absolute Gasteiger partial charge is 0.261 e. The number of carbonyl (C=O) groups excluding carboxylic acids is 1. The molecule has 174 valence electrons. The molecule has 0 aliphatic heterocycles. The van der Waals surface area contributed by atoms with Gasteiger partial charge in [-0.2, -0.15) is 0 Å². The first-order valence-corrected chi connectivity index (χ1v) is 10.8. The van der Waals surface area contributed by atoms with Gasteiger partial charge in [-0.25, -0.2) is 0 Å². The lowest BCUT2D eigenvalue weighted by Crippen LogP contribution is -2.26. The van der Waals surface area contributed by atoms with E-state index in [1.165, 1.54) is 32.5 Å². The first-order chi connectivity index (χ1) is 16.3. The number of aromatic nitrogens is 2. The molecule has 2 N–H and O–H groups in total. The number of H-pyrrole nitrogens is 1. The number of hydrogen-bond donors (Lipinski definition) is 2. The highest BCUT2D eigenvalue weighted by Gasteiger charge is 2.18. The van der Waals surface area contributed by atoms with E-state index in [2.05, 4.69) is 10.3 Å². The van der Waals surface area contributed by atoms with Crippen molar-refractivity contribution in [3.05, 3.63) is 96.5 Å². The first-order valence-electron chi connectivity index (χ1n) is 10.0. The summed E-state index contributed by atoms with van der Waals surface area (Å²) in [6, 6.07) is 12.7. The molecule has 0 saturated heterocycles. The van der Waals surface area contributed by atoms with Crippen molar-refractivity contribution in [3.8, 4) is 11.5 Å². The van der Waals surface area contributed by atoms with Crippen LogP contribution in [0.25, 0.3) is 11.0 Å². The second-order valence-corrected chi connectivity index (χ2v) is 8.12. The highest BCUT2D eigenvalue weighted by Crippen LogP contribution is 2.30. The van der Waals surface area contributed by atoms with E-state index in [-0.39, 0.29) is 17.6 Å². The maximum atomic E-state index is 13.1. The SMILES string of the molecule is COc1ccc(NC(=O)c2cn(Cc3c(Cl)cccc3Cl)c3ccc(=O)[nH]c3c2=O)cc1OC. The fraction of sp³-hybridized carbons (Fsp3) is 0.125. The topological polar surface area (TPSA) is 102 Å². The van der Waals surface area contributed by atoms with Crippen molar-refractivity contribution in [3.63, 3.8) is 0 Å². The lowest BCUT2D eigenvalue weighted by Gasteiger charge is -2.15. The summed E-state index contributed by atoms with van der Waals surface area (Å²) in [5, 5.41) is 3.55. The molecule has 0 bridgehead atoms. The van der Waals surface area contributed by atoms with Gasteiger partial charge < -0.3 is 24.3 Å². The zero-order valence-electron chi connectivity index (χ0n) is 18.1. The first kappa shape index (κ1) is 23.4. The van der Waals surface area contributed by atoms with Crippen LogP contribution in [0.3, 0.4) is 0 Å². The lowest BCUT2D eigenvalue weighted by atomic mass is 10.1. The molecule has 34 heavy (non-hydrogen) atoms. The van der Waals surface area contributed by atoms with Crippen LogP contribution >= 0.6 is 23.2 Å². The number of ether oxygens (including phenoxy) is 2. The van der Waals surface area contributed by atoms with Crippen LogP contribution in [0.1, 0.15) is 15.9 Å². The number of carbonyl (C=O) groups is 1. The van der Waals surface area contributed by atoms with Gasteiger partial charge in [0.05, 0.1) is 26.3 Å². The van der Waals surface area contributed by atoms with Crippen LogP contribution in [0.5, 0.6) is 11.5 Å². The number of pyridine rings is 2. The van der Waals surface area contributed by atoms with Gasteiger partial charge in [0, 0.05) is 39.6 Å². The molecule has 0 aliphatic carbocycles. The molecule has 2 aromatic heterocycles. The van der Waals surface area contributed by atoms with Gasteiger partial charge in [0.25, 0.3) is 5.91 Å². The van der Waals surface area contributed by atoms with Crippen molar-refractivity contribution < 1.29 is 14.3 Å². The van der Waals surface area contributed by atoms with Crippen molar-refractivity contribution in [1.29, 1.82) is 0 Å². The number of fused-ring (bicyclic) bond motifs is 1. The standard InChI is InChI=1S/C24H19Cl2N3O5/c1-33-19-8-6-13(10-20(19)34-2)27-24(32)15-12-29(11-14-16(25)4-3-5-17(14)26)18-7-9-21(30)28-22(18)23(15)31/h3-10,12H,11H2,1-2H3,(H,27,32)(H,28,30). The average molecular weight is 500 g/mol. The van der Waals surface area contributed by atoms with Gasteiger partial charge in [0.15, 0.2) is 11.5 Å². The van der Waals surface area contributed by atoms with Gasteiger partial charge in [-0.15, -0.1) is 0 Å². The number of aromatic amines is 1. The van der Waals surface area contributed by atoms with E-state index in [1.54, 1.807) is 41.0 Å². The monoisotopic (exact) mass is 499 g/mol. The van der Waals surface area contributed by atoms with Crippen LogP contribution in [-0.4, -0.2) is 29.7 Å². The van der Waals surface area contributed by atoms with E-state index < -0.39 is 16.9 Å². The fourth-order valence-corrected chi connectivity index (χ4v) is 4.07. The average Bonchev–Trinajstić information content (AvgIpc) is 2.82. The number of methoxy groups -OCH3 is 2. The molecule has 4 aromatic rings. The fourth-order valence-electron chi connectivity index (χ4n) is 3.56. The van der Waals surface area contributed by atoms with E-state index in [0.717, 1.165) is 0 Å². The van der Waals surface area contributed by atoms with Gasteiger partial charge in [-0.1, -0.05) is 29.3 Å². The summed E-state index contributed by atoms with van der Waals surface area (Å²) in [6.45, 7) is 0.165. The summed E-state index contributed by atoms with van der Waals surface area (Å²) < 4.78 is 12.1. The minimum absolute atomic E-state index is 0.00404. The lowest BCUT2D eigenvalue weighted by molar-refractivity contribution is 0.102. The van der Waals surface area contributed by atoms with Crippen LogP contribution in [0, 0.1) is 0 Å². The van der Waals surface area contributed by atoms with Gasteiger partial charge in [0.1, 0.15) is 11.1 Å². The molecule has 0 fully saturated rings. The Balaban J connectivity index is 1.81. The second kappa shape index (κ2) is 9.62. The quantitative estimate of drug-likeness (QED) is 0.411. The third-order valence-electron chi connectivity index (χ3n) is 5.24. The number of nitrogens with zero attached hydrogens (tertiary/aromatic N) is 1. The molecule has 0 unspecified atom stereocenters. The Morgan fingerprint density at radius 3 is 2.38 bits per heavy atom. The number of amides is 1. The molecule has 10 heteroatoms. The van der Waals surface area contributed by atoms with E-state index in [4.69, 9.17) is 32.7 Å². The number of nitrogens with one attached hydrogen (secondary N) is 2. The van der Waals surface area contributed by atoms with Gasteiger partial charge in [-0.05, 0) is 30.3 Å². The van der Waals surface area contributed by atoms with Crippen molar-refractivity contribution in [1.82, 2.24) is 9.55 Å². The molecule has 2 aromatic carbocycles. The Hall–Kier alpha value is -3.75. The van der Waals surface area contributed by atoms with Gasteiger partial charge in [-0.3, -0.25) is 14.4 Å². The van der Waals surface area contributed by atoms with E-state index in [9.17, 15) is 14.4 Å². The van der Waals surface area contributed by atoms with Crippen LogP contribution in [-0.2, 0) is 6.54 Å². The Bertz CT molecular complexity index is 1510. The normalized spacial score (nSPS) is 10.8. The summed E-state index contributed by atoms with van der Waals surface area (Å²) in [7, 11) is 2.97. The molecule has 2 heterocycles. The highest BCUT2D eigenvalue weighted by molar-refractivity contribution is 6.36. The van der Waals surface area contributed by atoms with E-state index >= 15 is 0 Å². The number of halogens is 2. The van der Waals surface area contributed by atoms with Gasteiger partial charge >= 0.3 is 0 Å². The highest BCUT2D eigenvalue weighted by atomic mass is 35.5. The van der Waals surface area contributed by atoms with Crippen molar-refractivity contribution >= 4 is 45.8 Å². The summed E-state index contributed by atoms with van der Waals surface area (Å²) in [5.74, 6) is 0.236. The van der Waals surface area contributed by atoms with Crippen LogP contribution in [0.15, 0.2) is 64.3 Å². The van der Waals surface area contributed by atoms with E-state index in [0.29, 0.717) is 38.3 Å². The Morgan fingerprint density at radius 2 is 1.71 bits per heavy atom. The van der Waals surface area contributed by atoms with Crippen LogP contribution < -0.4 is 25.8 Å². The molecule has 0 atom stereocenters. The zero-order chi connectivity index (χ0) is 24.4. The molecular weight excluding hydrogens is 481 g/mol. The zero-order valence-corrected chi connectivity index (χ0v) is 19.7. The predicted molar refractivity (Wildman–Crippen MR) is 132 cm³/mol. The third kappa shape index (κ3) is 4.50. The van der Waals surface area contributed by atoms with Crippen molar-refractivity contribution in [2.24, 2.45) is 0 Å². The molecular formula is C24H19Cl2N3O5. The maximum absolute atomic E-state index is 13.1. The Labute approximate surface area is 203 Å². The summed E-state index contributed by atoms with van der Waals surface area (Å²) >= 11 is 12.7. The molecule has 4 rings (SSSR count). The van der Waals surface area contributed by atoms with Crippen molar-refractivity contribution in [2.45, 2.75) is 6.54 Å². The summed E-state index contributed by atoms with van der Waals surface area (Å²) in [6.07, 6.45) is 1.42. The Kier molecular flexibility index (Phi) is 6.63. The van der Waals surface area contributed by atoms with Crippen molar-refractivity contribution in [2.75, 3.05) is 19.5 Å². The number of hydrogen-bond acceptors (Lipinski definition) is 5. The third-order valence-corrected chi connectivity index (χ3v) is 5.95. The summed E-state index contributed by atoms with van der Waals surface area (Å²) in [5.41, 5.74) is 0.153. The summed E-state index contributed by atoms with van der Waals surface area (Å²) in [4.78, 5) is 40.7. The minimum atomic E-state index is -0.664. The molecule has 8 nitrogen and oxygen atoms in total. The molecule has 1 amide bonds. The maximum Gasteiger partial charge on any atom is 0.261 e. The Morgan fingerprint density at radius 1 is 1.00 bits per heavy atom. The second-order valence-electron chi connectivity index (χ2n) is 7.31. The largest absolute Gasteiger partial charge is 0.493 e. The van der Waals surface area contributed by atoms with Crippen LogP contribution in [0.4, 0.5) is 5.69 Å². The van der Waals surface area contributed by atoms with Gasteiger partial charge in [0.2, 0.25) is 11.0 Å². The minimum Gasteiger partial charge on any atom is -0.493 e. The van der Waals surface area contributed by atoms with Crippen LogP contribution in [0.2, 0.25) is 10.0 Å². The predicted octanol–water partition coefficient (Wildman–Crippen LogP) is 4.31. The van der Waals surface area contributed by atoms with E-state index in [1.807, 2.05) is 0 Å². The number of rotatable bonds is 6. The number of anilines is 1. The molecule has 0 aliphatic rings.